The lowest BCUT2D eigenvalue weighted by molar-refractivity contribution is -0.299. The number of hydrogen-bond acceptors (Lipinski definition) is 10. The molecule has 0 aromatic carbocycles. The summed E-state index contributed by atoms with van der Waals surface area (Å²) in [5.41, 5.74) is -2.44. The minimum absolute atomic E-state index is 0.0940. The van der Waals surface area contributed by atoms with Crippen molar-refractivity contribution >= 4 is 5.97 Å². The van der Waals surface area contributed by atoms with E-state index in [0.29, 0.717) is 32.1 Å². The van der Waals surface area contributed by atoms with E-state index < -0.39 is 77.8 Å². The van der Waals surface area contributed by atoms with E-state index in [4.69, 9.17) is 9.47 Å². The largest absolute Gasteiger partial charge is 0.432 e. The zero-order chi connectivity index (χ0) is 34.0. The lowest BCUT2D eigenvalue weighted by Crippen LogP contribution is -2.69. The fourth-order valence-electron chi connectivity index (χ4n) is 12.4. The second-order valence-corrected chi connectivity index (χ2v) is 17.7. The van der Waals surface area contributed by atoms with Crippen molar-refractivity contribution in [3.63, 3.8) is 0 Å². The van der Waals surface area contributed by atoms with Gasteiger partial charge in [0.15, 0.2) is 0 Å². The van der Waals surface area contributed by atoms with Gasteiger partial charge < -0.3 is 45.2 Å². The van der Waals surface area contributed by atoms with Crippen molar-refractivity contribution < 1.29 is 50.0 Å². The maximum Gasteiger partial charge on any atom is 0.315 e. The lowest BCUT2D eigenvalue weighted by Gasteiger charge is -2.72. The number of aliphatic hydroxyl groups excluding tert-OH is 6. The monoisotopic (exact) mass is 650 g/mol. The van der Waals surface area contributed by atoms with Crippen molar-refractivity contribution in [2.75, 3.05) is 6.61 Å². The lowest BCUT2D eigenvalue weighted by atomic mass is 9.33. The van der Waals surface area contributed by atoms with Crippen molar-refractivity contribution in [1.82, 2.24) is 0 Å². The van der Waals surface area contributed by atoms with E-state index in [1.807, 2.05) is 13.8 Å². The molecule has 1 aliphatic heterocycles. The number of carbonyl (C=O) groups is 1. The molecule has 1 heterocycles. The Morgan fingerprint density at radius 2 is 1.59 bits per heavy atom. The highest BCUT2D eigenvalue weighted by molar-refractivity contribution is 5.79. The standard InChI is InChI=1S/C36H58O10/c1-18-10-13-36(30(43)46-29-26(41)25(40)24(39)21(17-37)45-29)15-14-33(5)19(27(36)35(18,7)44)8-9-23-32(4)16-20(38)28(42)31(2,3)22(32)11-12-34(23,33)6/h8,18,20-29,37-42,44H,9-17H2,1-7H3/t18?,20?,21?,22-,23-,24?,25?,26?,27+,28?,29?,32+,33?,34?,35-,36?/m1/s1. The minimum atomic E-state index is -1.70. The third-order valence-electron chi connectivity index (χ3n) is 15.5. The summed E-state index contributed by atoms with van der Waals surface area (Å²) in [6.45, 7) is 14.4. The molecule has 16 atom stereocenters. The van der Waals surface area contributed by atoms with Gasteiger partial charge in [-0.3, -0.25) is 4.79 Å². The van der Waals surface area contributed by atoms with E-state index >= 15 is 0 Å². The van der Waals surface area contributed by atoms with Gasteiger partial charge in [0.25, 0.3) is 0 Å². The number of rotatable bonds is 3. The first-order valence-electron chi connectivity index (χ1n) is 17.5. The third kappa shape index (κ3) is 4.39. The van der Waals surface area contributed by atoms with Crippen LogP contribution in [0.15, 0.2) is 11.6 Å². The Kier molecular flexibility index (Phi) is 8.27. The summed E-state index contributed by atoms with van der Waals surface area (Å²) in [5.74, 6) is -0.787. The Bertz CT molecular complexity index is 1250. The van der Waals surface area contributed by atoms with Crippen molar-refractivity contribution in [2.45, 2.75) is 148 Å². The molecule has 7 N–H and O–H groups in total. The fourth-order valence-corrected chi connectivity index (χ4v) is 12.4. The Balaban J connectivity index is 1.39. The zero-order valence-electron chi connectivity index (χ0n) is 28.6. The van der Waals surface area contributed by atoms with Crippen LogP contribution in [0.25, 0.3) is 0 Å². The van der Waals surface area contributed by atoms with Crippen LogP contribution >= 0.6 is 0 Å². The second-order valence-electron chi connectivity index (χ2n) is 17.7. The summed E-state index contributed by atoms with van der Waals surface area (Å²) in [6.07, 6.45) is -1.65. The van der Waals surface area contributed by atoms with Crippen LogP contribution < -0.4 is 0 Å². The summed E-state index contributed by atoms with van der Waals surface area (Å²) in [4.78, 5) is 14.5. The molecule has 0 amide bonds. The summed E-state index contributed by atoms with van der Waals surface area (Å²) in [7, 11) is 0. The van der Waals surface area contributed by atoms with Crippen LogP contribution in [0.5, 0.6) is 0 Å². The Morgan fingerprint density at radius 3 is 2.24 bits per heavy atom. The minimum Gasteiger partial charge on any atom is -0.432 e. The van der Waals surface area contributed by atoms with Crippen molar-refractivity contribution in [1.29, 1.82) is 0 Å². The second kappa shape index (κ2) is 10.9. The van der Waals surface area contributed by atoms with E-state index in [1.165, 1.54) is 0 Å². The average Bonchev–Trinajstić information content (AvgIpc) is 2.98. The van der Waals surface area contributed by atoms with Gasteiger partial charge in [-0.05, 0) is 97.7 Å². The molecule has 0 spiro atoms. The maximum absolute atomic E-state index is 14.5. The summed E-state index contributed by atoms with van der Waals surface area (Å²) in [6, 6.07) is 0. The van der Waals surface area contributed by atoms with Crippen molar-refractivity contribution in [3.8, 4) is 0 Å². The maximum atomic E-state index is 14.5. The molecule has 46 heavy (non-hydrogen) atoms. The molecule has 6 aliphatic rings. The molecule has 262 valence electrons. The summed E-state index contributed by atoms with van der Waals surface area (Å²) in [5, 5.41) is 75.6. The van der Waals surface area contributed by atoms with Gasteiger partial charge >= 0.3 is 5.97 Å². The van der Waals surface area contributed by atoms with Gasteiger partial charge in [-0.25, -0.2) is 0 Å². The molecular formula is C36H58O10. The van der Waals surface area contributed by atoms with E-state index in [9.17, 15) is 40.5 Å². The molecule has 4 saturated carbocycles. The first-order valence-corrected chi connectivity index (χ1v) is 17.5. The van der Waals surface area contributed by atoms with Gasteiger partial charge in [0.2, 0.25) is 6.29 Å². The number of esters is 1. The van der Waals surface area contributed by atoms with Crippen molar-refractivity contribution in [2.24, 2.45) is 50.7 Å². The number of aliphatic hydroxyl groups is 7. The fraction of sp³-hybridized carbons (Fsp3) is 0.917. The molecule has 10 nitrogen and oxygen atoms in total. The number of allylic oxidation sites excluding steroid dienone is 1. The third-order valence-corrected chi connectivity index (χ3v) is 15.5. The highest BCUT2D eigenvalue weighted by atomic mass is 16.7. The van der Waals surface area contributed by atoms with E-state index in [1.54, 1.807) is 0 Å². The van der Waals surface area contributed by atoms with Crippen LogP contribution in [0.2, 0.25) is 0 Å². The van der Waals surface area contributed by atoms with E-state index in [2.05, 4.69) is 40.7 Å². The molecule has 5 fully saturated rings. The van der Waals surface area contributed by atoms with E-state index in [-0.39, 0.29) is 34.0 Å². The Morgan fingerprint density at radius 1 is 0.913 bits per heavy atom. The molecule has 1 saturated heterocycles. The van der Waals surface area contributed by atoms with Gasteiger partial charge in [-0.1, -0.05) is 53.2 Å². The van der Waals surface area contributed by atoms with Crippen LogP contribution in [0, 0.1) is 50.7 Å². The highest BCUT2D eigenvalue weighted by Gasteiger charge is 2.72. The summed E-state index contributed by atoms with van der Waals surface area (Å²) >= 11 is 0. The Labute approximate surface area is 273 Å². The number of carbonyl (C=O) groups excluding carboxylic acids is 1. The molecule has 5 aliphatic carbocycles. The van der Waals surface area contributed by atoms with Crippen LogP contribution in [0.3, 0.4) is 0 Å². The smallest absolute Gasteiger partial charge is 0.315 e. The normalized spacial score (nSPS) is 56.4. The zero-order valence-corrected chi connectivity index (χ0v) is 28.6. The molecule has 0 bridgehead atoms. The van der Waals surface area contributed by atoms with Gasteiger partial charge in [-0.15, -0.1) is 0 Å². The molecular weight excluding hydrogens is 592 g/mol. The predicted octanol–water partition coefficient (Wildman–Crippen LogP) is 2.43. The van der Waals surface area contributed by atoms with Crippen molar-refractivity contribution in [3.05, 3.63) is 11.6 Å². The molecule has 11 unspecified atom stereocenters. The first kappa shape index (κ1) is 34.7. The Hall–Kier alpha value is -1.11. The van der Waals surface area contributed by atoms with E-state index in [0.717, 1.165) is 24.8 Å². The molecule has 10 heteroatoms. The van der Waals surface area contributed by atoms with Crippen LogP contribution in [0.1, 0.15) is 99.8 Å². The van der Waals surface area contributed by atoms with Gasteiger partial charge in [0.1, 0.15) is 24.4 Å². The van der Waals surface area contributed by atoms with Crippen LogP contribution in [-0.4, -0.2) is 96.8 Å². The number of fused-ring (bicyclic) bond motifs is 7. The number of hydrogen-bond donors (Lipinski definition) is 7. The first-order chi connectivity index (χ1) is 21.2. The van der Waals surface area contributed by atoms with Gasteiger partial charge in [0.05, 0.1) is 29.8 Å². The molecule has 0 radical (unpaired) electrons. The predicted molar refractivity (Wildman–Crippen MR) is 168 cm³/mol. The quantitative estimate of drug-likeness (QED) is 0.177. The van der Waals surface area contributed by atoms with Gasteiger partial charge in [0, 0.05) is 5.92 Å². The SMILES string of the molecule is CC1CCC2(C(=O)OC3OC(CO)C(O)C(O)C3O)CCC3(C)C(=CC[C@H]4C3(C)CC[C@@H]3C(C)(C)C(O)C(O)C[C@@]34C)[C@H]2[C@]1(C)O. The molecule has 0 aromatic rings. The van der Waals surface area contributed by atoms with Crippen LogP contribution in [-0.2, 0) is 14.3 Å². The van der Waals surface area contributed by atoms with Crippen LogP contribution in [0.4, 0.5) is 0 Å². The average molecular weight is 651 g/mol. The number of ether oxygens (including phenoxy) is 2. The summed E-state index contributed by atoms with van der Waals surface area (Å²) < 4.78 is 11.5. The van der Waals surface area contributed by atoms with Gasteiger partial charge in [-0.2, -0.15) is 0 Å². The molecule has 0 aromatic heterocycles. The topological polar surface area (TPSA) is 177 Å². The highest BCUT2D eigenvalue weighted by Crippen LogP contribution is 2.76. The molecule has 6 rings (SSSR count).